The lowest BCUT2D eigenvalue weighted by molar-refractivity contribution is -0.193. The SMILES string of the molecule is CCOC(=O)C(Cc1ccc2ccccc2c1)(C(=O)OCC)C1(C)CCCO1. The molecule has 1 atom stereocenters. The van der Waals surface area contributed by atoms with Gasteiger partial charge < -0.3 is 14.2 Å². The van der Waals surface area contributed by atoms with Crippen LogP contribution < -0.4 is 0 Å². The van der Waals surface area contributed by atoms with Gasteiger partial charge >= 0.3 is 11.9 Å². The van der Waals surface area contributed by atoms with E-state index in [0.29, 0.717) is 13.0 Å². The highest BCUT2D eigenvalue weighted by atomic mass is 16.6. The Morgan fingerprint density at radius 3 is 2.25 bits per heavy atom. The topological polar surface area (TPSA) is 61.8 Å². The molecular weight excluding hydrogens is 356 g/mol. The number of benzene rings is 2. The molecule has 1 aliphatic rings. The van der Waals surface area contributed by atoms with Crippen LogP contribution in [0.2, 0.25) is 0 Å². The average molecular weight is 384 g/mol. The molecule has 0 saturated carbocycles. The smallest absolute Gasteiger partial charge is 0.326 e. The van der Waals surface area contributed by atoms with Crippen molar-refractivity contribution in [3.63, 3.8) is 0 Å². The summed E-state index contributed by atoms with van der Waals surface area (Å²) in [6.07, 6.45) is 1.55. The van der Waals surface area contributed by atoms with Crippen LogP contribution in [-0.4, -0.2) is 37.4 Å². The van der Waals surface area contributed by atoms with Crippen molar-refractivity contribution in [2.45, 2.75) is 45.6 Å². The number of hydrogen-bond acceptors (Lipinski definition) is 5. The molecule has 0 spiro atoms. The predicted molar refractivity (Wildman–Crippen MR) is 107 cm³/mol. The molecule has 150 valence electrons. The number of carbonyl (C=O) groups excluding carboxylic acids is 2. The molecule has 1 aliphatic heterocycles. The van der Waals surface area contributed by atoms with Gasteiger partial charge in [-0.3, -0.25) is 9.59 Å². The molecule has 1 saturated heterocycles. The second kappa shape index (κ2) is 8.31. The summed E-state index contributed by atoms with van der Waals surface area (Å²) in [5.74, 6) is -1.16. The van der Waals surface area contributed by atoms with Crippen molar-refractivity contribution in [3.8, 4) is 0 Å². The summed E-state index contributed by atoms with van der Waals surface area (Å²) in [5, 5.41) is 2.16. The molecule has 28 heavy (non-hydrogen) atoms. The van der Waals surface area contributed by atoms with Crippen molar-refractivity contribution in [1.82, 2.24) is 0 Å². The minimum atomic E-state index is -1.54. The van der Waals surface area contributed by atoms with E-state index in [1.807, 2.05) is 49.4 Å². The number of fused-ring (bicyclic) bond motifs is 1. The highest BCUT2D eigenvalue weighted by molar-refractivity contribution is 6.02. The summed E-state index contributed by atoms with van der Waals surface area (Å²) >= 11 is 0. The van der Waals surface area contributed by atoms with Crippen molar-refractivity contribution in [2.75, 3.05) is 19.8 Å². The van der Waals surface area contributed by atoms with E-state index in [1.54, 1.807) is 13.8 Å². The first kappa shape index (κ1) is 20.3. The minimum Gasteiger partial charge on any atom is -0.465 e. The molecule has 0 radical (unpaired) electrons. The number of hydrogen-bond donors (Lipinski definition) is 0. The summed E-state index contributed by atoms with van der Waals surface area (Å²) in [6.45, 7) is 6.19. The van der Waals surface area contributed by atoms with Crippen molar-refractivity contribution >= 4 is 22.7 Å². The molecular formula is C23H28O5. The Labute approximate surface area is 166 Å². The molecule has 5 heteroatoms. The van der Waals surface area contributed by atoms with Gasteiger partial charge in [-0.15, -0.1) is 0 Å². The van der Waals surface area contributed by atoms with Crippen molar-refractivity contribution in [3.05, 3.63) is 48.0 Å². The highest BCUT2D eigenvalue weighted by Crippen LogP contribution is 2.46. The molecule has 1 heterocycles. The number of rotatable bonds is 7. The van der Waals surface area contributed by atoms with Gasteiger partial charge in [0, 0.05) is 13.0 Å². The lowest BCUT2D eigenvalue weighted by Crippen LogP contribution is -2.59. The first-order valence-electron chi connectivity index (χ1n) is 9.93. The molecule has 1 fully saturated rings. The Balaban J connectivity index is 2.11. The van der Waals surface area contributed by atoms with E-state index in [-0.39, 0.29) is 19.6 Å². The lowest BCUT2D eigenvalue weighted by Gasteiger charge is -2.41. The largest absolute Gasteiger partial charge is 0.465 e. The molecule has 0 amide bonds. The molecule has 1 unspecified atom stereocenters. The van der Waals surface area contributed by atoms with Crippen molar-refractivity contribution < 1.29 is 23.8 Å². The van der Waals surface area contributed by atoms with Crippen LogP contribution in [0.5, 0.6) is 0 Å². The first-order valence-corrected chi connectivity index (χ1v) is 9.93. The predicted octanol–water partition coefficient (Wildman–Crippen LogP) is 4.06. The Bertz CT molecular complexity index is 833. The van der Waals surface area contributed by atoms with E-state index in [2.05, 4.69) is 0 Å². The maximum atomic E-state index is 13.2. The zero-order chi connectivity index (χ0) is 20.2. The third-order valence-corrected chi connectivity index (χ3v) is 5.65. The molecule has 3 rings (SSSR count). The Hall–Kier alpha value is -2.40. The minimum absolute atomic E-state index is 0.173. The molecule has 5 nitrogen and oxygen atoms in total. The van der Waals surface area contributed by atoms with Crippen LogP contribution in [0.3, 0.4) is 0 Å². The van der Waals surface area contributed by atoms with Crippen LogP contribution in [0.4, 0.5) is 0 Å². The standard InChI is InChI=1S/C23H28O5/c1-4-26-20(24)23(21(25)27-5-2,22(3)13-8-14-28-22)16-17-11-12-18-9-6-7-10-19(18)15-17/h6-7,9-12,15H,4-5,8,13-14,16H2,1-3H3. The van der Waals surface area contributed by atoms with Crippen LogP contribution in [0, 0.1) is 5.41 Å². The summed E-state index contributed by atoms with van der Waals surface area (Å²) in [4.78, 5) is 26.5. The van der Waals surface area contributed by atoms with Gasteiger partial charge in [0.2, 0.25) is 0 Å². The molecule has 0 bridgehead atoms. The average Bonchev–Trinajstić information content (AvgIpc) is 3.14. The highest BCUT2D eigenvalue weighted by Gasteiger charge is 2.63. The zero-order valence-electron chi connectivity index (χ0n) is 16.8. The van der Waals surface area contributed by atoms with Gasteiger partial charge in [-0.05, 0) is 49.9 Å². The van der Waals surface area contributed by atoms with Gasteiger partial charge in [0.05, 0.1) is 18.8 Å². The monoisotopic (exact) mass is 384 g/mol. The molecule has 0 aromatic heterocycles. The fourth-order valence-electron chi connectivity index (χ4n) is 4.13. The number of ether oxygens (including phenoxy) is 3. The fourth-order valence-corrected chi connectivity index (χ4v) is 4.13. The van der Waals surface area contributed by atoms with E-state index in [4.69, 9.17) is 14.2 Å². The quantitative estimate of drug-likeness (QED) is 0.532. The Morgan fingerprint density at radius 2 is 1.68 bits per heavy atom. The second-order valence-corrected chi connectivity index (χ2v) is 7.39. The summed E-state index contributed by atoms with van der Waals surface area (Å²) in [5.41, 5.74) is -1.65. The van der Waals surface area contributed by atoms with Crippen LogP contribution in [0.15, 0.2) is 42.5 Å². The van der Waals surface area contributed by atoms with E-state index in [0.717, 1.165) is 22.8 Å². The Kier molecular flexibility index (Phi) is 6.04. The van der Waals surface area contributed by atoms with E-state index in [1.165, 1.54) is 0 Å². The van der Waals surface area contributed by atoms with E-state index >= 15 is 0 Å². The first-order chi connectivity index (χ1) is 13.5. The van der Waals surface area contributed by atoms with Gasteiger partial charge in [0.1, 0.15) is 0 Å². The summed E-state index contributed by atoms with van der Waals surface area (Å²) in [7, 11) is 0. The summed E-state index contributed by atoms with van der Waals surface area (Å²) in [6, 6.07) is 14.0. The van der Waals surface area contributed by atoms with Crippen LogP contribution in [0.1, 0.15) is 39.2 Å². The second-order valence-electron chi connectivity index (χ2n) is 7.39. The third kappa shape index (κ3) is 3.51. The van der Waals surface area contributed by atoms with Crippen molar-refractivity contribution in [1.29, 1.82) is 0 Å². The lowest BCUT2D eigenvalue weighted by atomic mass is 9.67. The molecule has 2 aromatic rings. The third-order valence-electron chi connectivity index (χ3n) is 5.65. The molecule has 0 aliphatic carbocycles. The normalized spacial score (nSPS) is 19.5. The van der Waals surface area contributed by atoms with Gasteiger partial charge in [-0.1, -0.05) is 42.5 Å². The van der Waals surface area contributed by atoms with Gasteiger partial charge in [-0.25, -0.2) is 0 Å². The van der Waals surface area contributed by atoms with Gasteiger partial charge in [0.25, 0.3) is 0 Å². The maximum absolute atomic E-state index is 13.2. The zero-order valence-corrected chi connectivity index (χ0v) is 16.8. The maximum Gasteiger partial charge on any atom is 0.326 e. The molecule has 0 N–H and O–H groups in total. The molecule has 2 aromatic carbocycles. The Morgan fingerprint density at radius 1 is 1.04 bits per heavy atom. The van der Waals surface area contributed by atoms with Crippen molar-refractivity contribution in [2.24, 2.45) is 5.41 Å². The number of carbonyl (C=O) groups is 2. The van der Waals surface area contributed by atoms with Crippen LogP contribution in [-0.2, 0) is 30.2 Å². The number of esters is 2. The fraction of sp³-hybridized carbons (Fsp3) is 0.478. The van der Waals surface area contributed by atoms with Crippen LogP contribution >= 0.6 is 0 Å². The van der Waals surface area contributed by atoms with E-state index < -0.39 is 23.0 Å². The van der Waals surface area contributed by atoms with Gasteiger partial charge in [0.15, 0.2) is 5.41 Å². The van der Waals surface area contributed by atoms with E-state index in [9.17, 15) is 9.59 Å². The van der Waals surface area contributed by atoms with Gasteiger partial charge in [-0.2, -0.15) is 0 Å². The van der Waals surface area contributed by atoms with Crippen LogP contribution in [0.25, 0.3) is 10.8 Å². The summed E-state index contributed by atoms with van der Waals surface area (Å²) < 4.78 is 16.8.